The molecule has 3 N–H and O–H groups in total. The number of hydrogen-bond acceptors (Lipinski definition) is 5. The van der Waals surface area contributed by atoms with E-state index in [1.807, 2.05) is 12.1 Å². The smallest absolute Gasteiger partial charge is 0.297 e. The molecule has 0 amide bonds. The lowest BCUT2D eigenvalue weighted by molar-refractivity contribution is 0.363. The first-order chi connectivity index (χ1) is 8.74. The van der Waals surface area contributed by atoms with E-state index in [2.05, 4.69) is 9.97 Å². The number of H-pyrrole nitrogens is 1. The summed E-state index contributed by atoms with van der Waals surface area (Å²) in [4.78, 5) is 17.8. The van der Waals surface area contributed by atoms with Crippen molar-refractivity contribution in [2.24, 2.45) is 5.73 Å². The lowest BCUT2D eigenvalue weighted by atomic mass is 10.2. The number of nitrogens with one attached hydrogen (secondary N) is 1. The number of aromatic nitrogens is 2. The highest BCUT2D eigenvalue weighted by Crippen LogP contribution is 2.25. The van der Waals surface area contributed by atoms with Gasteiger partial charge in [0.1, 0.15) is 5.75 Å². The average Bonchev–Trinajstić information content (AvgIpc) is 2.40. The van der Waals surface area contributed by atoms with Gasteiger partial charge >= 0.3 is 0 Å². The standard InChI is InChI=1S/C12H13N3O3/c1-17-10-11(16)14-7-15-12(10)18-9-4-2-8(6-13)3-5-9/h2-5,7H,6,13H2,1H3,(H,14,15,16). The predicted molar refractivity (Wildman–Crippen MR) is 65.8 cm³/mol. The average molecular weight is 247 g/mol. The fraction of sp³-hybridized carbons (Fsp3) is 0.167. The molecule has 1 heterocycles. The first-order valence-electron chi connectivity index (χ1n) is 5.33. The maximum atomic E-state index is 11.4. The Morgan fingerprint density at radius 3 is 2.67 bits per heavy atom. The van der Waals surface area contributed by atoms with E-state index in [1.165, 1.54) is 13.4 Å². The molecule has 0 fully saturated rings. The van der Waals surface area contributed by atoms with Gasteiger partial charge in [-0.2, -0.15) is 0 Å². The van der Waals surface area contributed by atoms with Crippen LogP contribution >= 0.6 is 0 Å². The second-order valence-electron chi connectivity index (χ2n) is 3.52. The summed E-state index contributed by atoms with van der Waals surface area (Å²) in [6.45, 7) is 0.465. The molecule has 0 aliphatic rings. The molecule has 2 rings (SSSR count). The van der Waals surface area contributed by atoms with Crippen LogP contribution in [0.5, 0.6) is 17.4 Å². The fourth-order valence-corrected chi connectivity index (χ4v) is 1.43. The fourth-order valence-electron chi connectivity index (χ4n) is 1.43. The van der Waals surface area contributed by atoms with Crippen molar-refractivity contribution in [3.63, 3.8) is 0 Å². The van der Waals surface area contributed by atoms with E-state index in [1.54, 1.807) is 12.1 Å². The minimum absolute atomic E-state index is 0.0420. The third-order valence-corrected chi connectivity index (χ3v) is 2.36. The highest BCUT2D eigenvalue weighted by Gasteiger charge is 2.11. The number of rotatable bonds is 4. The van der Waals surface area contributed by atoms with Crippen molar-refractivity contribution in [1.82, 2.24) is 9.97 Å². The zero-order valence-electron chi connectivity index (χ0n) is 9.84. The summed E-state index contributed by atoms with van der Waals surface area (Å²) in [6.07, 6.45) is 1.26. The van der Waals surface area contributed by atoms with Gasteiger partial charge in [0.05, 0.1) is 13.4 Å². The molecule has 1 aromatic carbocycles. The van der Waals surface area contributed by atoms with Crippen LogP contribution in [0.25, 0.3) is 0 Å². The van der Waals surface area contributed by atoms with E-state index >= 15 is 0 Å². The van der Waals surface area contributed by atoms with Gasteiger partial charge in [-0.05, 0) is 17.7 Å². The van der Waals surface area contributed by atoms with Gasteiger partial charge in [0, 0.05) is 6.54 Å². The van der Waals surface area contributed by atoms with E-state index in [0.29, 0.717) is 12.3 Å². The van der Waals surface area contributed by atoms with E-state index in [4.69, 9.17) is 15.2 Å². The first kappa shape index (κ1) is 12.1. The van der Waals surface area contributed by atoms with Crippen LogP contribution in [0.1, 0.15) is 5.56 Å². The summed E-state index contributed by atoms with van der Waals surface area (Å²) < 4.78 is 10.4. The molecular weight excluding hydrogens is 234 g/mol. The van der Waals surface area contributed by atoms with Gasteiger partial charge < -0.3 is 20.2 Å². The third-order valence-electron chi connectivity index (χ3n) is 2.36. The SMILES string of the molecule is COc1c(Oc2ccc(CN)cc2)nc[nH]c1=O. The van der Waals surface area contributed by atoms with Crippen molar-refractivity contribution in [1.29, 1.82) is 0 Å². The Morgan fingerprint density at radius 2 is 2.06 bits per heavy atom. The molecule has 6 nitrogen and oxygen atoms in total. The second-order valence-corrected chi connectivity index (χ2v) is 3.52. The summed E-state index contributed by atoms with van der Waals surface area (Å²) in [5, 5.41) is 0. The minimum Gasteiger partial charge on any atom is -0.487 e. The topological polar surface area (TPSA) is 90.2 Å². The molecule has 0 unspecified atom stereocenters. The van der Waals surface area contributed by atoms with E-state index in [9.17, 15) is 4.79 Å². The molecule has 0 saturated heterocycles. The molecule has 1 aromatic heterocycles. The highest BCUT2D eigenvalue weighted by atomic mass is 16.5. The molecule has 94 valence electrons. The number of ether oxygens (including phenoxy) is 2. The Labute approximate surface area is 103 Å². The maximum absolute atomic E-state index is 11.4. The molecule has 2 aromatic rings. The molecule has 0 saturated carbocycles. The van der Waals surface area contributed by atoms with Crippen LogP contribution in [-0.4, -0.2) is 17.1 Å². The Bertz CT molecular complexity index is 578. The zero-order valence-corrected chi connectivity index (χ0v) is 9.84. The third kappa shape index (κ3) is 2.49. The molecular formula is C12H13N3O3. The molecule has 0 radical (unpaired) electrons. The van der Waals surface area contributed by atoms with Crippen molar-refractivity contribution in [2.75, 3.05) is 7.11 Å². The largest absolute Gasteiger partial charge is 0.487 e. The Kier molecular flexibility index (Phi) is 3.59. The molecule has 0 spiro atoms. The van der Waals surface area contributed by atoms with Crippen LogP contribution in [0.4, 0.5) is 0 Å². The zero-order chi connectivity index (χ0) is 13.0. The molecule has 0 aliphatic heterocycles. The van der Waals surface area contributed by atoms with E-state index in [0.717, 1.165) is 5.56 Å². The second kappa shape index (κ2) is 5.33. The van der Waals surface area contributed by atoms with E-state index < -0.39 is 0 Å². The van der Waals surface area contributed by atoms with Crippen molar-refractivity contribution >= 4 is 0 Å². The van der Waals surface area contributed by atoms with Gasteiger partial charge in [-0.3, -0.25) is 4.79 Å². The highest BCUT2D eigenvalue weighted by molar-refractivity contribution is 5.36. The molecule has 18 heavy (non-hydrogen) atoms. The van der Waals surface area contributed by atoms with Gasteiger partial charge in [-0.15, -0.1) is 0 Å². The Hall–Kier alpha value is -2.34. The normalized spacial score (nSPS) is 10.1. The van der Waals surface area contributed by atoms with Gasteiger partial charge in [-0.25, -0.2) is 4.98 Å². The molecule has 0 atom stereocenters. The monoisotopic (exact) mass is 247 g/mol. The quantitative estimate of drug-likeness (QED) is 0.842. The number of hydrogen-bond donors (Lipinski definition) is 2. The molecule has 0 bridgehead atoms. The van der Waals surface area contributed by atoms with Crippen molar-refractivity contribution in [3.8, 4) is 17.4 Å². The lowest BCUT2D eigenvalue weighted by Gasteiger charge is -2.08. The summed E-state index contributed by atoms with van der Waals surface area (Å²) in [6, 6.07) is 7.19. The van der Waals surface area contributed by atoms with Crippen LogP contribution in [0.3, 0.4) is 0 Å². The maximum Gasteiger partial charge on any atom is 0.297 e. The number of benzene rings is 1. The van der Waals surface area contributed by atoms with Crippen molar-refractivity contribution < 1.29 is 9.47 Å². The summed E-state index contributed by atoms with van der Waals surface area (Å²) in [7, 11) is 1.39. The number of aromatic amines is 1. The summed E-state index contributed by atoms with van der Waals surface area (Å²) >= 11 is 0. The van der Waals surface area contributed by atoms with Crippen LogP contribution in [0.15, 0.2) is 35.4 Å². The number of nitrogens with zero attached hydrogens (tertiary/aromatic N) is 1. The summed E-state index contributed by atoms with van der Waals surface area (Å²) in [5.74, 6) is 0.728. The van der Waals surface area contributed by atoms with Crippen LogP contribution in [0, 0.1) is 0 Å². The van der Waals surface area contributed by atoms with E-state index in [-0.39, 0.29) is 17.2 Å². The lowest BCUT2D eigenvalue weighted by Crippen LogP contribution is -2.10. The first-order valence-corrected chi connectivity index (χ1v) is 5.33. The van der Waals surface area contributed by atoms with Crippen molar-refractivity contribution in [2.45, 2.75) is 6.54 Å². The Balaban J connectivity index is 2.28. The van der Waals surface area contributed by atoms with Gasteiger partial charge in [-0.1, -0.05) is 12.1 Å². The number of nitrogens with two attached hydrogens (primary N) is 1. The van der Waals surface area contributed by atoms with Crippen LogP contribution in [-0.2, 0) is 6.54 Å². The number of methoxy groups -OCH3 is 1. The predicted octanol–water partition coefficient (Wildman–Crippen LogP) is 1.03. The van der Waals surface area contributed by atoms with Crippen LogP contribution in [0.2, 0.25) is 0 Å². The van der Waals surface area contributed by atoms with Gasteiger partial charge in [0.25, 0.3) is 11.4 Å². The minimum atomic E-state index is -0.388. The Morgan fingerprint density at radius 1 is 1.33 bits per heavy atom. The summed E-state index contributed by atoms with van der Waals surface area (Å²) in [5.41, 5.74) is 6.11. The molecule has 0 aliphatic carbocycles. The van der Waals surface area contributed by atoms with Crippen LogP contribution < -0.4 is 20.8 Å². The van der Waals surface area contributed by atoms with Gasteiger partial charge in [0.15, 0.2) is 0 Å². The van der Waals surface area contributed by atoms with Crippen molar-refractivity contribution in [3.05, 3.63) is 46.5 Å². The molecule has 6 heteroatoms. The van der Waals surface area contributed by atoms with Gasteiger partial charge in [0.2, 0.25) is 5.75 Å².